The topological polar surface area (TPSA) is 95.7 Å². The Kier molecular flexibility index (Phi) is 4.46. The van der Waals surface area contributed by atoms with Crippen LogP contribution in [0.4, 0.5) is 5.82 Å². The minimum atomic E-state index is -3.68. The Bertz CT molecular complexity index is 1040. The van der Waals surface area contributed by atoms with Crippen LogP contribution in [0.15, 0.2) is 65.8 Å². The fraction of sp³-hybridized carbons (Fsp3) is 0.0556. The van der Waals surface area contributed by atoms with Crippen molar-refractivity contribution in [3.8, 4) is 17.2 Å². The maximum Gasteiger partial charge on any atom is 0.263 e. The van der Waals surface area contributed by atoms with Crippen LogP contribution in [0.5, 0.6) is 0 Å². The third kappa shape index (κ3) is 3.82. The van der Waals surface area contributed by atoms with Gasteiger partial charge < -0.3 is 0 Å². The molecule has 0 atom stereocenters. The largest absolute Gasteiger partial charge is 0.263 e. The van der Waals surface area contributed by atoms with E-state index in [0.29, 0.717) is 5.69 Å². The summed E-state index contributed by atoms with van der Waals surface area (Å²) in [7, 11) is -3.68. The molecule has 3 aromatic rings. The number of aryl methyl sites for hydroxylation is 1. The van der Waals surface area contributed by atoms with Gasteiger partial charge in [0, 0.05) is 18.0 Å². The summed E-state index contributed by atoms with van der Waals surface area (Å²) >= 11 is 0. The second kappa shape index (κ2) is 6.71. The highest BCUT2D eigenvalue weighted by atomic mass is 32.2. The van der Waals surface area contributed by atoms with Gasteiger partial charge in [0.25, 0.3) is 10.0 Å². The normalized spacial score (nSPS) is 10.9. The molecule has 1 aromatic carbocycles. The van der Waals surface area contributed by atoms with E-state index in [2.05, 4.69) is 14.7 Å². The van der Waals surface area contributed by atoms with Crippen molar-refractivity contribution in [2.24, 2.45) is 0 Å². The van der Waals surface area contributed by atoms with Gasteiger partial charge in [-0.2, -0.15) is 5.26 Å². The van der Waals surface area contributed by atoms with Crippen LogP contribution in [-0.4, -0.2) is 18.4 Å². The molecule has 7 heteroatoms. The monoisotopic (exact) mass is 350 g/mol. The van der Waals surface area contributed by atoms with Crippen molar-refractivity contribution in [3.05, 3.63) is 72.2 Å². The van der Waals surface area contributed by atoms with Gasteiger partial charge in [0.05, 0.1) is 4.90 Å². The molecule has 0 fully saturated rings. The second-order valence-corrected chi connectivity index (χ2v) is 7.07. The molecule has 2 heterocycles. The van der Waals surface area contributed by atoms with E-state index in [9.17, 15) is 8.42 Å². The second-order valence-electron chi connectivity index (χ2n) is 5.39. The van der Waals surface area contributed by atoms with Crippen molar-refractivity contribution in [1.82, 2.24) is 9.97 Å². The van der Waals surface area contributed by atoms with Crippen LogP contribution in [0.1, 0.15) is 11.3 Å². The van der Waals surface area contributed by atoms with E-state index < -0.39 is 10.0 Å². The molecule has 0 unspecified atom stereocenters. The van der Waals surface area contributed by atoms with Gasteiger partial charge in [-0.15, -0.1) is 0 Å². The predicted molar refractivity (Wildman–Crippen MR) is 94.2 cm³/mol. The molecule has 0 radical (unpaired) electrons. The Morgan fingerprint density at radius 2 is 1.76 bits per heavy atom. The molecule has 0 amide bonds. The van der Waals surface area contributed by atoms with Gasteiger partial charge in [0.1, 0.15) is 17.6 Å². The van der Waals surface area contributed by atoms with Crippen LogP contribution in [0.25, 0.3) is 11.1 Å². The molecule has 0 saturated heterocycles. The lowest BCUT2D eigenvalue weighted by Gasteiger charge is -2.08. The van der Waals surface area contributed by atoms with Gasteiger partial charge in [-0.1, -0.05) is 17.7 Å². The molecule has 0 aliphatic rings. The fourth-order valence-corrected chi connectivity index (χ4v) is 3.22. The molecule has 3 rings (SSSR count). The highest BCUT2D eigenvalue weighted by molar-refractivity contribution is 7.92. The number of aromatic nitrogens is 2. The zero-order valence-corrected chi connectivity index (χ0v) is 14.2. The summed E-state index contributed by atoms with van der Waals surface area (Å²) in [5.74, 6) is 0.221. The average Bonchev–Trinajstić information content (AvgIpc) is 2.62. The van der Waals surface area contributed by atoms with E-state index >= 15 is 0 Å². The number of sulfonamides is 1. The number of hydrogen-bond donors (Lipinski definition) is 1. The SMILES string of the molecule is Cc1ccc(S(=O)(=O)Nc2ccc(-c3ccnc(C#N)c3)cn2)cc1. The molecule has 6 nitrogen and oxygen atoms in total. The summed E-state index contributed by atoms with van der Waals surface area (Å²) in [5, 5.41) is 8.90. The molecule has 0 bridgehead atoms. The quantitative estimate of drug-likeness (QED) is 0.780. The van der Waals surface area contributed by atoms with E-state index in [1.165, 1.54) is 0 Å². The maximum atomic E-state index is 12.4. The smallest absolute Gasteiger partial charge is 0.263 e. The minimum absolute atomic E-state index is 0.178. The van der Waals surface area contributed by atoms with E-state index in [-0.39, 0.29) is 10.7 Å². The first-order valence-electron chi connectivity index (χ1n) is 7.40. The van der Waals surface area contributed by atoms with Crippen LogP contribution < -0.4 is 4.72 Å². The van der Waals surface area contributed by atoms with Crippen molar-refractivity contribution >= 4 is 15.8 Å². The third-order valence-electron chi connectivity index (χ3n) is 3.54. The van der Waals surface area contributed by atoms with Gasteiger partial charge in [0.2, 0.25) is 0 Å². The molecule has 0 aliphatic carbocycles. The number of nitriles is 1. The number of nitrogens with one attached hydrogen (secondary N) is 1. The summed E-state index contributed by atoms with van der Waals surface area (Å²) in [6, 6.07) is 15.3. The van der Waals surface area contributed by atoms with E-state index in [4.69, 9.17) is 5.26 Å². The summed E-state index contributed by atoms with van der Waals surface area (Å²) in [4.78, 5) is 8.24. The lowest BCUT2D eigenvalue weighted by atomic mass is 10.1. The molecule has 0 spiro atoms. The zero-order valence-electron chi connectivity index (χ0n) is 13.3. The molecule has 2 aromatic heterocycles. The average molecular weight is 350 g/mol. The predicted octanol–water partition coefficient (Wildman–Crippen LogP) is 3.12. The Labute approximate surface area is 145 Å². The molecular formula is C18H14N4O2S. The van der Waals surface area contributed by atoms with Gasteiger partial charge >= 0.3 is 0 Å². The van der Waals surface area contributed by atoms with E-state index in [1.54, 1.807) is 60.9 Å². The summed E-state index contributed by atoms with van der Waals surface area (Å²) in [6.45, 7) is 1.89. The molecule has 0 aliphatic heterocycles. The number of pyridine rings is 2. The van der Waals surface area contributed by atoms with Crippen LogP contribution in [0, 0.1) is 18.3 Å². The fourth-order valence-electron chi connectivity index (χ4n) is 2.21. The number of nitrogens with zero attached hydrogens (tertiary/aromatic N) is 3. The number of benzene rings is 1. The van der Waals surface area contributed by atoms with Crippen molar-refractivity contribution in [3.63, 3.8) is 0 Å². The Morgan fingerprint density at radius 3 is 2.40 bits per heavy atom. The molecule has 0 saturated carbocycles. The number of anilines is 1. The van der Waals surface area contributed by atoms with Crippen LogP contribution in [-0.2, 0) is 10.0 Å². The zero-order chi connectivity index (χ0) is 17.9. The highest BCUT2D eigenvalue weighted by Crippen LogP contribution is 2.21. The Hall–Kier alpha value is -3.24. The maximum absolute atomic E-state index is 12.4. The summed E-state index contributed by atoms with van der Waals surface area (Å²) < 4.78 is 27.2. The first-order valence-corrected chi connectivity index (χ1v) is 8.88. The minimum Gasteiger partial charge on any atom is -0.263 e. The van der Waals surface area contributed by atoms with Gasteiger partial charge in [-0.3, -0.25) is 4.72 Å². The van der Waals surface area contributed by atoms with Crippen molar-refractivity contribution in [1.29, 1.82) is 5.26 Å². The van der Waals surface area contributed by atoms with Crippen molar-refractivity contribution < 1.29 is 8.42 Å². The van der Waals surface area contributed by atoms with Crippen molar-refractivity contribution in [2.45, 2.75) is 11.8 Å². The van der Waals surface area contributed by atoms with Crippen molar-refractivity contribution in [2.75, 3.05) is 4.72 Å². The molecule has 124 valence electrons. The standard InChI is InChI=1S/C18H14N4O2S/c1-13-2-5-17(6-3-13)25(23,24)22-18-7-4-15(12-21-18)14-8-9-20-16(10-14)11-19/h2-10,12H,1H3,(H,21,22). The first-order chi connectivity index (χ1) is 12.0. The Balaban J connectivity index is 1.83. The third-order valence-corrected chi connectivity index (χ3v) is 4.91. The van der Waals surface area contributed by atoms with Crippen LogP contribution in [0.2, 0.25) is 0 Å². The van der Waals surface area contributed by atoms with Gasteiger partial charge in [0.15, 0.2) is 0 Å². The number of hydrogen-bond acceptors (Lipinski definition) is 5. The van der Waals surface area contributed by atoms with Gasteiger partial charge in [-0.05, 0) is 48.9 Å². The van der Waals surface area contributed by atoms with Crippen LogP contribution >= 0.6 is 0 Å². The number of rotatable bonds is 4. The van der Waals surface area contributed by atoms with E-state index in [0.717, 1.165) is 16.7 Å². The molecular weight excluding hydrogens is 336 g/mol. The van der Waals surface area contributed by atoms with E-state index in [1.807, 2.05) is 13.0 Å². The molecule has 1 N–H and O–H groups in total. The lowest BCUT2D eigenvalue weighted by Crippen LogP contribution is -2.13. The summed E-state index contributed by atoms with van der Waals surface area (Å²) in [5.41, 5.74) is 2.83. The van der Waals surface area contributed by atoms with Gasteiger partial charge in [-0.25, -0.2) is 18.4 Å². The van der Waals surface area contributed by atoms with Crippen LogP contribution in [0.3, 0.4) is 0 Å². The first kappa shape index (κ1) is 16.6. The lowest BCUT2D eigenvalue weighted by molar-refractivity contribution is 0.601. The highest BCUT2D eigenvalue weighted by Gasteiger charge is 2.14. The summed E-state index contributed by atoms with van der Waals surface area (Å²) in [6.07, 6.45) is 3.09. The Morgan fingerprint density at radius 1 is 1.00 bits per heavy atom. The molecule has 25 heavy (non-hydrogen) atoms.